The van der Waals surface area contributed by atoms with E-state index in [4.69, 9.17) is 16.0 Å². The summed E-state index contributed by atoms with van der Waals surface area (Å²) in [5.74, 6) is 0.593. The zero-order valence-corrected chi connectivity index (χ0v) is 16.5. The second-order valence-electron chi connectivity index (χ2n) is 7.40. The molecular weight excluding hydrogens is 376 g/mol. The summed E-state index contributed by atoms with van der Waals surface area (Å²) in [6, 6.07) is 14.9. The van der Waals surface area contributed by atoms with E-state index in [1.54, 1.807) is 18.0 Å². The van der Waals surface area contributed by atoms with Gasteiger partial charge in [0.05, 0.1) is 11.0 Å². The summed E-state index contributed by atoms with van der Waals surface area (Å²) in [5.41, 5.74) is 1.51. The first kappa shape index (κ1) is 18.6. The molecule has 1 fully saturated rings. The smallest absolute Gasteiger partial charge is 0.257 e. The lowest BCUT2D eigenvalue weighted by atomic mass is 9.73. The SMILES string of the molecule is CNC(=O)C1(Cc2ccc(Cl)cc2)CN(C(=O)c2cccc3cc(C)oc23)C1. The molecule has 5 nitrogen and oxygen atoms in total. The van der Waals surface area contributed by atoms with Crippen LogP contribution < -0.4 is 5.32 Å². The van der Waals surface area contributed by atoms with Crippen molar-refractivity contribution in [2.75, 3.05) is 20.1 Å². The van der Waals surface area contributed by atoms with Crippen molar-refractivity contribution < 1.29 is 14.0 Å². The van der Waals surface area contributed by atoms with Crippen LogP contribution >= 0.6 is 11.6 Å². The van der Waals surface area contributed by atoms with E-state index < -0.39 is 5.41 Å². The largest absolute Gasteiger partial charge is 0.461 e. The van der Waals surface area contributed by atoms with Crippen molar-refractivity contribution in [1.82, 2.24) is 10.2 Å². The Labute approximate surface area is 168 Å². The summed E-state index contributed by atoms with van der Waals surface area (Å²) in [5, 5.41) is 4.31. The van der Waals surface area contributed by atoms with Gasteiger partial charge >= 0.3 is 0 Å². The zero-order valence-electron chi connectivity index (χ0n) is 15.8. The van der Waals surface area contributed by atoms with E-state index in [2.05, 4.69) is 5.32 Å². The molecule has 4 rings (SSSR count). The van der Waals surface area contributed by atoms with E-state index in [0.717, 1.165) is 16.7 Å². The van der Waals surface area contributed by atoms with E-state index in [-0.39, 0.29) is 11.8 Å². The normalized spacial score (nSPS) is 15.3. The number of carbonyl (C=O) groups is 2. The third-order valence-electron chi connectivity index (χ3n) is 5.34. The average molecular weight is 397 g/mol. The van der Waals surface area contributed by atoms with Crippen molar-refractivity contribution in [2.45, 2.75) is 13.3 Å². The number of para-hydroxylation sites is 1. The van der Waals surface area contributed by atoms with Crippen LogP contribution in [0.4, 0.5) is 0 Å². The van der Waals surface area contributed by atoms with Crippen LogP contribution in [0.15, 0.2) is 52.9 Å². The fourth-order valence-corrected chi connectivity index (χ4v) is 4.08. The Morgan fingerprint density at radius 1 is 1.18 bits per heavy atom. The van der Waals surface area contributed by atoms with Crippen molar-refractivity contribution in [1.29, 1.82) is 0 Å². The van der Waals surface area contributed by atoms with Crippen molar-refractivity contribution in [3.63, 3.8) is 0 Å². The molecule has 0 aliphatic carbocycles. The summed E-state index contributed by atoms with van der Waals surface area (Å²) >= 11 is 5.96. The molecule has 2 aromatic carbocycles. The van der Waals surface area contributed by atoms with Gasteiger partial charge in [0.1, 0.15) is 11.3 Å². The van der Waals surface area contributed by atoms with Crippen molar-refractivity contribution >= 4 is 34.4 Å². The van der Waals surface area contributed by atoms with Gasteiger partial charge in [0.2, 0.25) is 5.91 Å². The van der Waals surface area contributed by atoms with Gasteiger partial charge in [-0.15, -0.1) is 0 Å². The highest BCUT2D eigenvalue weighted by atomic mass is 35.5. The predicted octanol–water partition coefficient (Wildman–Crippen LogP) is 3.83. The van der Waals surface area contributed by atoms with Crippen LogP contribution in [-0.4, -0.2) is 36.9 Å². The standard InChI is InChI=1S/C22H21ClN2O3/c1-14-10-16-4-3-5-18(19(16)28-14)20(26)25-12-22(13-25,21(27)24-2)11-15-6-8-17(23)9-7-15/h3-10H,11-13H2,1-2H3,(H,24,27). The average Bonchev–Trinajstić information content (AvgIpc) is 3.05. The molecule has 1 saturated heterocycles. The van der Waals surface area contributed by atoms with Crippen LogP contribution in [0.5, 0.6) is 0 Å². The maximum absolute atomic E-state index is 13.1. The van der Waals surface area contributed by atoms with Gasteiger partial charge in [0.15, 0.2) is 0 Å². The van der Waals surface area contributed by atoms with Crippen molar-refractivity contribution in [3.05, 3.63) is 70.4 Å². The van der Waals surface area contributed by atoms with Crippen molar-refractivity contribution in [2.24, 2.45) is 5.41 Å². The highest BCUT2D eigenvalue weighted by Crippen LogP contribution is 2.37. The summed E-state index contributed by atoms with van der Waals surface area (Å²) in [7, 11) is 1.63. The molecule has 2 heterocycles. The Morgan fingerprint density at radius 2 is 1.89 bits per heavy atom. The molecule has 0 unspecified atom stereocenters. The molecule has 0 atom stereocenters. The highest BCUT2D eigenvalue weighted by molar-refractivity contribution is 6.30. The number of nitrogens with zero attached hydrogens (tertiary/aromatic N) is 1. The zero-order chi connectivity index (χ0) is 19.9. The van der Waals surface area contributed by atoms with Crippen LogP contribution in [-0.2, 0) is 11.2 Å². The van der Waals surface area contributed by atoms with Crippen LogP contribution in [0.2, 0.25) is 5.02 Å². The third-order valence-corrected chi connectivity index (χ3v) is 5.59. The van der Waals surface area contributed by atoms with E-state index in [0.29, 0.717) is 35.7 Å². The molecule has 1 aliphatic heterocycles. The number of benzene rings is 2. The Morgan fingerprint density at radius 3 is 2.57 bits per heavy atom. The summed E-state index contributed by atoms with van der Waals surface area (Å²) in [6.45, 7) is 2.59. The molecule has 1 aliphatic rings. The predicted molar refractivity (Wildman–Crippen MR) is 109 cm³/mol. The molecule has 2 amide bonds. The van der Waals surface area contributed by atoms with Gasteiger partial charge in [-0.3, -0.25) is 9.59 Å². The molecular formula is C22H21ClN2O3. The Balaban J connectivity index is 1.57. The molecule has 0 bridgehead atoms. The number of rotatable bonds is 4. The van der Waals surface area contributed by atoms with Crippen LogP contribution in [0.25, 0.3) is 11.0 Å². The topological polar surface area (TPSA) is 62.6 Å². The molecule has 1 aromatic heterocycles. The third kappa shape index (κ3) is 3.16. The number of hydrogen-bond donors (Lipinski definition) is 1. The first-order chi connectivity index (χ1) is 13.4. The molecule has 6 heteroatoms. The lowest BCUT2D eigenvalue weighted by molar-refractivity contribution is -0.138. The second-order valence-corrected chi connectivity index (χ2v) is 7.84. The van der Waals surface area contributed by atoms with Gasteiger partial charge in [0.25, 0.3) is 5.91 Å². The first-order valence-electron chi connectivity index (χ1n) is 9.17. The minimum absolute atomic E-state index is 0.0569. The number of likely N-dealkylation sites (tertiary alicyclic amines) is 1. The number of fused-ring (bicyclic) bond motifs is 1. The number of furan rings is 1. The van der Waals surface area contributed by atoms with E-state index in [1.807, 2.05) is 49.4 Å². The molecule has 144 valence electrons. The first-order valence-corrected chi connectivity index (χ1v) is 9.55. The summed E-state index contributed by atoms with van der Waals surface area (Å²) in [6.07, 6.45) is 0.553. The van der Waals surface area contributed by atoms with Gasteiger partial charge in [-0.2, -0.15) is 0 Å². The van der Waals surface area contributed by atoms with Crippen LogP contribution in [0, 0.1) is 12.3 Å². The molecule has 1 N–H and O–H groups in total. The quantitative estimate of drug-likeness (QED) is 0.729. The molecule has 3 aromatic rings. The van der Waals surface area contributed by atoms with Crippen LogP contribution in [0.3, 0.4) is 0 Å². The minimum Gasteiger partial charge on any atom is -0.461 e. The number of hydrogen-bond acceptors (Lipinski definition) is 3. The lowest BCUT2D eigenvalue weighted by Gasteiger charge is -2.48. The number of amides is 2. The molecule has 0 radical (unpaired) electrons. The van der Waals surface area contributed by atoms with Gasteiger partial charge in [-0.05, 0) is 43.2 Å². The fourth-order valence-electron chi connectivity index (χ4n) is 3.95. The Hall–Kier alpha value is -2.79. The van der Waals surface area contributed by atoms with E-state index >= 15 is 0 Å². The van der Waals surface area contributed by atoms with Gasteiger partial charge in [-0.25, -0.2) is 0 Å². The number of nitrogens with one attached hydrogen (secondary N) is 1. The summed E-state index contributed by atoms with van der Waals surface area (Å²) < 4.78 is 5.73. The van der Waals surface area contributed by atoms with E-state index in [9.17, 15) is 9.59 Å². The monoisotopic (exact) mass is 396 g/mol. The fraction of sp³-hybridized carbons (Fsp3) is 0.273. The molecule has 0 saturated carbocycles. The highest BCUT2D eigenvalue weighted by Gasteiger charge is 2.50. The number of halogens is 1. The Bertz CT molecular complexity index is 1050. The minimum atomic E-state index is -0.634. The maximum atomic E-state index is 13.1. The number of aryl methyl sites for hydroxylation is 1. The second kappa shape index (κ2) is 6.99. The van der Waals surface area contributed by atoms with Crippen LogP contribution in [0.1, 0.15) is 21.7 Å². The number of carbonyl (C=O) groups excluding carboxylic acids is 2. The van der Waals surface area contributed by atoms with Gasteiger partial charge in [-0.1, -0.05) is 35.9 Å². The maximum Gasteiger partial charge on any atom is 0.257 e. The van der Waals surface area contributed by atoms with Gasteiger partial charge < -0.3 is 14.6 Å². The molecule has 28 heavy (non-hydrogen) atoms. The summed E-state index contributed by atoms with van der Waals surface area (Å²) in [4.78, 5) is 27.4. The lowest BCUT2D eigenvalue weighted by Crippen LogP contribution is -2.65. The van der Waals surface area contributed by atoms with E-state index in [1.165, 1.54) is 0 Å². The van der Waals surface area contributed by atoms with Crippen molar-refractivity contribution in [3.8, 4) is 0 Å². The molecule has 0 spiro atoms. The van der Waals surface area contributed by atoms with Gasteiger partial charge in [0, 0.05) is 30.5 Å². The Kier molecular flexibility index (Phi) is 4.63.